The number of hydrogen-bond acceptors (Lipinski definition) is 2. The number of rotatable bonds is 5. The number of nitrogens with zero attached hydrogens (tertiary/aromatic N) is 1. The minimum Gasteiger partial charge on any atom is -0.392 e. The van der Waals surface area contributed by atoms with Crippen LogP contribution >= 0.6 is 0 Å². The van der Waals surface area contributed by atoms with Crippen molar-refractivity contribution in [2.24, 2.45) is 11.8 Å². The van der Waals surface area contributed by atoms with Crippen molar-refractivity contribution in [1.82, 2.24) is 4.90 Å². The van der Waals surface area contributed by atoms with Crippen LogP contribution in [-0.4, -0.2) is 35.2 Å². The van der Waals surface area contributed by atoms with Gasteiger partial charge in [-0.25, -0.2) is 0 Å². The molecule has 0 amide bonds. The van der Waals surface area contributed by atoms with E-state index in [1.807, 2.05) is 6.92 Å². The molecule has 0 bridgehead atoms. The monoisotopic (exact) mass is 227 g/mol. The first-order valence-corrected chi connectivity index (χ1v) is 6.91. The van der Waals surface area contributed by atoms with Gasteiger partial charge in [-0.15, -0.1) is 0 Å². The van der Waals surface area contributed by atoms with Crippen molar-refractivity contribution in [3.63, 3.8) is 0 Å². The summed E-state index contributed by atoms with van der Waals surface area (Å²) < 4.78 is 0. The lowest BCUT2D eigenvalue weighted by atomic mass is 9.82. The molecule has 1 N–H and O–H groups in total. The highest BCUT2D eigenvalue weighted by Crippen LogP contribution is 2.29. The molecule has 1 unspecified atom stereocenters. The molecule has 1 aliphatic rings. The third kappa shape index (κ3) is 4.84. The molecule has 2 heteroatoms. The first-order valence-electron chi connectivity index (χ1n) is 6.91. The van der Waals surface area contributed by atoms with Gasteiger partial charge >= 0.3 is 0 Å². The van der Waals surface area contributed by atoms with Crippen molar-refractivity contribution >= 4 is 0 Å². The zero-order valence-corrected chi connectivity index (χ0v) is 11.4. The molecular formula is C14H29NO. The highest BCUT2D eigenvalue weighted by atomic mass is 16.3. The highest BCUT2D eigenvalue weighted by molar-refractivity contribution is 4.75. The molecule has 0 radical (unpaired) electrons. The van der Waals surface area contributed by atoms with E-state index < -0.39 is 0 Å². The lowest BCUT2D eigenvalue weighted by Gasteiger charge is -2.34. The second-order valence-corrected chi connectivity index (χ2v) is 6.02. The maximum atomic E-state index is 9.50. The van der Waals surface area contributed by atoms with Gasteiger partial charge in [-0.2, -0.15) is 0 Å². The van der Waals surface area contributed by atoms with Crippen LogP contribution in [0.4, 0.5) is 0 Å². The summed E-state index contributed by atoms with van der Waals surface area (Å²) in [6.07, 6.45) is 5.34. The molecule has 1 rings (SSSR count). The van der Waals surface area contributed by atoms with Gasteiger partial charge in [0.1, 0.15) is 0 Å². The molecule has 2 nitrogen and oxygen atoms in total. The van der Waals surface area contributed by atoms with Crippen LogP contribution in [0.1, 0.15) is 53.4 Å². The minimum absolute atomic E-state index is 0.204. The Morgan fingerprint density at radius 2 is 1.69 bits per heavy atom. The largest absolute Gasteiger partial charge is 0.392 e. The Labute approximate surface area is 101 Å². The molecule has 1 aliphatic carbocycles. The number of hydrogen-bond donors (Lipinski definition) is 1. The first kappa shape index (κ1) is 14.0. The molecule has 0 saturated heterocycles. The minimum atomic E-state index is -0.204. The maximum absolute atomic E-state index is 9.50. The van der Waals surface area contributed by atoms with Gasteiger partial charge in [0, 0.05) is 19.1 Å². The molecule has 1 saturated carbocycles. The summed E-state index contributed by atoms with van der Waals surface area (Å²) in [4.78, 5) is 2.44. The summed E-state index contributed by atoms with van der Waals surface area (Å²) in [6, 6.07) is 0.550. The highest BCUT2D eigenvalue weighted by Gasteiger charge is 2.22. The molecule has 1 atom stereocenters. The Morgan fingerprint density at radius 3 is 2.12 bits per heavy atom. The van der Waals surface area contributed by atoms with E-state index in [9.17, 15) is 5.11 Å². The van der Waals surface area contributed by atoms with Crippen molar-refractivity contribution in [3.05, 3.63) is 0 Å². The predicted octanol–water partition coefficient (Wildman–Crippen LogP) is 2.90. The van der Waals surface area contributed by atoms with E-state index in [-0.39, 0.29) is 6.10 Å². The van der Waals surface area contributed by atoms with Crippen LogP contribution in [0.5, 0.6) is 0 Å². The van der Waals surface area contributed by atoms with Gasteiger partial charge in [-0.1, -0.05) is 19.8 Å². The van der Waals surface area contributed by atoms with Gasteiger partial charge in [0.15, 0.2) is 0 Å². The normalized spacial score (nSPS) is 28.7. The van der Waals surface area contributed by atoms with Crippen molar-refractivity contribution < 1.29 is 5.11 Å². The van der Waals surface area contributed by atoms with Crippen LogP contribution < -0.4 is 0 Å². The third-order valence-corrected chi connectivity index (χ3v) is 3.86. The summed E-state index contributed by atoms with van der Waals surface area (Å²) in [5.74, 6) is 1.79. The standard InChI is InChI=1S/C14H29NO/c1-11(2)15(9-13(4)16)10-14-7-5-12(3)6-8-14/h11-14,16H,5-10H2,1-4H3. The molecule has 0 aromatic carbocycles. The van der Waals surface area contributed by atoms with Crippen LogP contribution in [0.25, 0.3) is 0 Å². The van der Waals surface area contributed by atoms with Gasteiger partial charge < -0.3 is 5.11 Å². The van der Waals surface area contributed by atoms with Gasteiger partial charge in [0.2, 0.25) is 0 Å². The molecule has 0 aromatic heterocycles. The van der Waals surface area contributed by atoms with E-state index in [1.54, 1.807) is 0 Å². The van der Waals surface area contributed by atoms with Gasteiger partial charge in [0.05, 0.1) is 6.10 Å². The van der Waals surface area contributed by atoms with Crippen LogP contribution in [0.15, 0.2) is 0 Å². The summed E-state index contributed by atoms with van der Waals surface area (Å²) in [5.41, 5.74) is 0. The zero-order chi connectivity index (χ0) is 12.1. The van der Waals surface area contributed by atoms with E-state index in [4.69, 9.17) is 0 Å². The average Bonchev–Trinajstić information content (AvgIpc) is 2.19. The fourth-order valence-electron chi connectivity index (χ4n) is 2.68. The summed E-state index contributed by atoms with van der Waals surface area (Å²) in [7, 11) is 0. The smallest absolute Gasteiger partial charge is 0.0639 e. The Balaban J connectivity index is 2.36. The van der Waals surface area contributed by atoms with Crippen molar-refractivity contribution in [3.8, 4) is 0 Å². The molecule has 16 heavy (non-hydrogen) atoms. The fraction of sp³-hybridized carbons (Fsp3) is 1.00. The van der Waals surface area contributed by atoms with E-state index >= 15 is 0 Å². The average molecular weight is 227 g/mol. The van der Waals surface area contributed by atoms with Crippen molar-refractivity contribution in [1.29, 1.82) is 0 Å². The predicted molar refractivity (Wildman–Crippen MR) is 69.5 cm³/mol. The Morgan fingerprint density at radius 1 is 1.12 bits per heavy atom. The van der Waals surface area contributed by atoms with Crippen molar-refractivity contribution in [2.75, 3.05) is 13.1 Å². The second kappa shape index (κ2) is 6.61. The second-order valence-electron chi connectivity index (χ2n) is 6.02. The van der Waals surface area contributed by atoms with E-state index in [2.05, 4.69) is 25.7 Å². The summed E-state index contributed by atoms with van der Waals surface area (Å²) in [5, 5.41) is 9.50. The van der Waals surface area contributed by atoms with Crippen LogP contribution in [0.2, 0.25) is 0 Å². The van der Waals surface area contributed by atoms with Crippen LogP contribution in [-0.2, 0) is 0 Å². The van der Waals surface area contributed by atoms with Crippen molar-refractivity contribution in [2.45, 2.75) is 65.5 Å². The van der Waals surface area contributed by atoms with Crippen LogP contribution in [0.3, 0.4) is 0 Å². The molecular weight excluding hydrogens is 198 g/mol. The van der Waals surface area contributed by atoms with E-state index in [1.165, 1.54) is 32.2 Å². The van der Waals surface area contributed by atoms with Crippen LogP contribution in [0, 0.1) is 11.8 Å². The lowest BCUT2D eigenvalue weighted by molar-refractivity contribution is 0.0858. The Kier molecular flexibility index (Phi) is 5.77. The molecule has 0 heterocycles. The number of aliphatic hydroxyl groups excluding tert-OH is 1. The zero-order valence-electron chi connectivity index (χ0n) is 11.4. The Bertz CT molecular complexity index is 183. The quantitative estimate of drug-likeness (QED) is 0.780. The number of aliphatic hydroxyl groups is 1. The molecule has 1 fully saturated rings. The van der Waals surface area contributed by atoms with Gasteiger partial charge in [-0.3, -0.25) is 4.90 Å². The summed E-state index contributed by atoms with van der Waals surface area (Å²) >= 11 is 0. The van der Waals surface area contributed by atoms with Gasteiger partial charge in [0.25, 0.3) is 0 Å². The SMILES string of the molecule is CC(O)CN(CC1CCC(C)CC1)C(C)C. The van der Waals surface area contributed by atoms with Gasteiger partial charge in [-0.05, 0) is 45.4 Å². The first-order chi connectivity index (χ1) is 7.49. The Hall–Kier alpha value is -0.0800. The topological polar surface area (TPSA) is 23.5 Å². The molecule has 0 aromatic rings. The fourth-order valence-corrected chi connectivity index (χ4v) is 2.68. The molecule has 96 valence electrons. The lowest BCUT2D eigenvalue weighted by Crippen LogP contribution is -2.40. The third-order valence-electron chi connectivity index (χ3n) is 3.86. The van der Waals surface area contributed by atoms with E-state index in [0.717, 1.165) is 18.4 Å². The maximum Gasteiger partial charge on any atom is 0.0639 e. The summed E-state index contributed by atoms with van der Waals surface area (Å²) in [6.45, 7) is 10.7. The molecule has 0 spiro atoms. The molecule has 0 aliphatic heterocycles. The van der Waals surface area contributed by atoms with E-state index in [0.29, 0.717) is 6.04 Å².